The Kier molecular flexibility index (Phi) is 2.75. The van der Waals surface area contributed by atoms with Crippen molar-refractivity contribution in [3.8, 4) is 11.8 Å². The molecule has 2 rings (SSSR count). The molecule has 0 amide bonds. The van der Waals surface area contributed by atoms with Gasteiger partial charge in [0.1, 0.15) is 12.4 Å². The molecule has 1 aromatic rings. The lowest BCUT2D eigenvalue weighted by Gasteiger charge is -2.27. The molecule has 0 fully saturated rings. The second kappa shape index (κ2) is 4.20. The van der Waals surface area contributed by atoms with Crippen molar-refractivity contribution in [2.75, 3.05) is 18.5 Å². The minimum absolute atomic E-state index is 0.247. The van der Waals surface area contributed by atoms with Crippen molar-refractivity contribution in [1.29, 1.82) is 5.26 Å². The van der Waals surface area contributed by atoms with Crippen LogP contribution in [0.4, 0.5) is 5.69 Å². The first-order chi connectivity index (χ1) is 7.33. The van der Waals surface area contributed by atoms with Gasteiger partial charge in [-0.2, -0.15) is 5.26 Å². The van der Waals surface area contributed by atoms with Gasteiger partial charge in [-0.15, -0.1) is 0 Å². The highest BCUT2D eigenvalue weighted by Gasteiger charge is 2.18. The minimum atomic E-state index is 0.247. The van der Waals surface area contributed by atoms with Crippen LogP contribution in [0.2, 0.25) is 0 Å². The van der Waals surface area contributed by atoms with Crippen molar-refractivity contribution in [3.63, 3.8) is 0 Å². The van der Waals surface area contributed by atoms with Gasteiger partial charge < -0.3 is 15.8 Å². The van der Waals surface area contributed by atoms with Gasteiger partial charge in [-0.1, -0.05) is 0 Å². The van der Waals surface area contributed by atoms with Crippen molar-refractivity contribution >= 4 is 5.69 Å². The van der Waals surface area contributed by atoms with Crippen LogP contribution in [0, 0.1) is 11.3 Å². The van der Waals surface area contributed by atoms with Gasteiger partial charge in [-0.05, 0) is 31.2 Å². The summed E-state index contributed by atoms with van der Waals surface area (Å²) in [6.07, 6.45) is 0.871. The van der Waals surface area contributed by atoms with Crippen LogP contribution in [0.3, 0.4) is 0 Å². The molecule has 4 heteroatoms. The maximum Gasteiger partial charge on any atom is 0.142 e. The predicted octanol–water partition coefficient (Wildman–Crippen LogP) is 1.08. The first kappa shape index (κ1) is 9.81. The van der Waals surface area contributed by atoms with E-state index in [0.29, 0.717) is 18.7 Å². The number of hydrogen-bond acceptors (Lipinski definition) is 4. The molecule has 0 radical (unpaired) electrons. The van der Waals surface area contributed by atoms with E-state index in [0.717, 1.165) is 17.9 Å². The molecule has 1 aromatic carbocycles. The molecule has 1 aliphatic heterocycles. The van der Waals surface area contributed by atoms with E-state index in [1.807, 2.05) is 6.07 Å². The lowest BCUT2D eigenvalue weighted by molar-refractivity contribution is 0.279. The van der Waals surface area contributed by atoms with Crippen molar-refractivity contribution < 1.29 is 4.74 Å². The van der Waals surface area contributed by atoms with E-state index in [2.05, 4.69) is 11.4 Å². The molecule has 0 aliphatic carbocycles. The number of hydrogen-bond donors (Lipinski definition) is 2. The Bertz CT molecular complexity index is 397. The fourth-order valence-electron chi connectivity index (χ4n) is 1.65. The minimum Gasteiger partial charge on any atom is -0.489 e. The Morgan fingerprint density at radius 1 is 1.60 bits per heavy atom. The molecule has 15 heavy (non-hydrogen) atoms. The van der Waals surface area contributed by atoms with Crippen molar-refractivity contribution in [2.45, 2.75) is 12.5 Å². The molecule has 1 unspecified atom stereocenters. The van der Waals surface area contributed by atoms with E-state index in [9.17, 15) is 0 Å². The number of nitriles is 1. The van der Waals surface area contributed by atoms with Crippen LogP contribution in [0.15, 0.2) is 18.2 Å². The number of nitrogens with two attached hydrogens (primary N) is 1. The third-order valence-corrected chi connectivity index (χ3v) is 2.42. The van der Waals surface area contributed by atoms with Gasteiger partial charge in [0.15, 0.2) is 0 Å². The summed E-state index contributed by atoms with van der Waals surface area (Å²) in [4.78, 5) is 0. The van der Waals surface area contributed by atoms with Crippen molar-refractivity contribution in [2.24, 2.45) is 5.73 Å². The molecule has 1 heterocycles. The number of nitrogens with zero attached hydrogens (tertiary/aromatic N) is 1. The van der Waals surface area contributed by atoms with E-state index < -0.39 is 0 Å². The number of ether oxygens (including phenoxy) is 1. The monoisotopic (exact) mass is 203 g/mol. The predicted molar refractivity (Wildman–Crippen MR) is 57.7 cm³/mol. The quantitative estimate of drug-likeness (QED) is 0.754. The van der Waals surface area contributed by atoms with Crippen molar-refractivity contribution in [1.82, 2.24) is 0 Å². The van der Waals surface area contributed by atoms with Gasteiger partial charge in [-0.3, -0.25) is 0 Å². The topological polar surface area (TPSA) is 71.1 Å². The largest absolute Gasteiger partial charge is 0.489 e. The Morgan fingerprint density at radius 3 is 3.20 bits per heavy atom. The first-order valence-corrected chi connectivity index (χ1v) is 4.97. The number of fused-ring (bicyclic) bond motifs is 1. The summed E-state index contributed by atoms with van der Waals surface area (Å²) in [5.41, 5.74) is 7.01. The van der Waals surface area contributed by atoms with E-state index in [1.54, 1.807) is 12.1 Å². The van der Waals surface area contributed by atoms with Crippen LogP contribution in [0.5, 0.6) is 5.75 Å². The zero-order valence-electron chi connectivity index (χ0n) is 8.36. The number of anilines is 1. The molecular weight excluding hydrogens is 190 g/mol. The normalized spacial score (nSPS) is 18.3. The summed E-state index contributed by atoms with van der Waals surface area (Å²) in [6.45, 7) is 1.27. The maximum absolute atomic E-state index is 8.77. The SMILES string of the molecule is N#Cc1ccc2c(c1)NC(CCN)CO2. The second-order valence-electron chi connectivity index (χ2n) is 3.55. The van der Waals surface area contributed by atoms with Crippen molar-refractivity contribution in [3.05, 3.63) is 23.8 Å². The van der Waals surface area contributed by atoms with Crippen LogP contribution >= 0.6 is 0 Å². The summed E-state index contributed by atoms with van der Waals surface area (Å²) in [5.74, 6) is 0.808. The summed E-state index contributed by atoms with van der Waals surface area (Å²) >= 11 is 0. The van der Waals surface area contributed by atoms with Gasteiger partial charge in [0.25, 0.3) is 0 Å². The van der Waals surface area contributed by atoms with Crippen LogP contribution in [0.25, 0.3) is 0 Å². The highest BCUT2D eigenvalue weighted by atomic mass is 16.5. The molecular formula is C11H13N3O. The second-order valence-corrected chi connectivity index (χ2v) is 3.55. The lowest BCUT2D eigenvalue weighted by atomic mass is 10.1. The molecule has 0 bridgehead atoms. The Labute approximate surface area is 88.6 Å². The van der Waals surface area contributed by atoms with Gasteiger partial charge in [0.05, 0.1) is 23.4 Å². The number of nitrogens with one attached hydrogen (secondary N) is 1. The fraction of sp³-hybridized carbons (Fsp3) is 0.364. The summed E-state index contributed by atoms with van der Waals surface area (Å²) in [5, 5.41) is 12.1. The number of benzene rings is 1. The highest BCUT2D eigenvalue weighted by Crippen LogP contribution is 2.30. The van der Waals surface area contributed by atoms with Gasteiger partial charge in [0.2, 0.25) is 0 Å². The molecule has 0 saturated heterocycles. The lowest BCUT2D eigenvalue weighted by Crippen LogP contribution is -2.33. The van der Waals surface area contributed by atoms with Gasteiger partial charge in [-0.25, -0.2) is 0 Å². The highest BCUT2D eigenvalue weighted by molar-refractivity contribution is 5.61. The zero-order valence-corrected chi connectivity index (χ0v) is 8.36. The van der Waals surface area contributed by atoms with Crippen LogP contribution in [0.1, 0.15) is 12.0 Å². The smallest absolute Gasteiger partial charge is 0.142 e. The molecule has 1 atom stereocenters. The van der Waals surface area contributed by atoms with E-state index in [1.165, 1.54) is 0 Å². The van der Waals surface area contributed by atoms with E-state index in [-0.39, 0.29) is 6.04 Å². The Balaban J connectivity index is 2.20. The Hall–Kier alpha value is -1.73. The van der Waals surface area contributed by atoms with Gasteiger partial charge >= 0.3 is 0 Å². The van der Waals surface area contributed by atoms with Crippen LogP contribution in [-0.2, 0) is 0 Å². The third-order valence-electron chi connectivity index (χ3n) is 2.42. The average Bonchev–Trinajstić information content (AvgIpc) is 2.28. The standard InChI is InChI=1S/C11H13N3O/c12-4-3-9-7-15-11-2-1-8(6-13)5-10(11)14-9/h1-2,5,9,14H,3-4,7,12H2. The van der Waals surface area contributed by atoms with E-state index in [4.69, 9.17) is 15.7 Å². The molecule has 4 nitrogen and oxygen atoms in total. The fourth-order valence-corrected chi connectivity index (χ4v) is 1.65. The van der Waals surface area contributed by atoms with E-state index >= 15 is 0 Å². The molecule has 78 valence electrons. The van der Waals surface area contributed by atoms with Crippen LogP contribution in [-0.4, -0.2) is 19.2 Å². The third kappa shape index (κ3) is 2.03. The molecule has 0 saturated carbocycles. The summed E-state index contributed by atoms with van der Waals surface area (Å²) < 4.78 is 5.56. The summed E-state index contributed by atoms with van der Waals surface area (Å²) in [7, 11) is 0. The Morgan fingerprint density at radius 2 is 2.47 bits per heavy atom. The molecule has 0 aromatic heterocycles. The average molecular weight is 203 g/mol. The maximum atomic E-state index is 8.77. The molecule has 0 spiro atoms. The zero-order chi connectivity index (χ0) is 10.7. The first-order valence-electron chi connectivity index (χ1n) is 4.97. The van der Waals surface area contributed by atoms with Gasteiger partial charge in [0, 0.05) is 0 Å². The summed E-state index contributed by atoms with van der Waals surface area (Å²) in [6, 6.07) is 7.73. The van der Waals surface area contributed by atoms with Crippen LogP contribution < -0.4 is 15.8 Å². The molecule has 1 aliphatic rings. The molecule has 3 N–H and O–H groups in total. The number of rotatable bonds is 2.